The Balaban J connectivity index is 1.79. The van der Waals surface area contributed by atoms with E-state index >= 15 is 0 Å². The molecule has 0 unspecified atom stereocenters. The molecule has 0 aliphatic rings. The SMILES string of the molecule is N#Cc1ccc(NC(=O)Cc2cccc3ccccc23)cc1Cl. The fourth-order valence-corrected chi connectivity index (χ4v) is 2.73. The molecule has 3 nitrogen and oxygen atoms in total. The molecule has 0 saturated heterocycles. The van der Waals surface area contributed by atoms with E-state index in [0.29, 0.717) is 16.3 Å². The average molecular weight is 321 g/mol. The summed E-state index contributed by atoms with van der Waals surface area (Å²) in [6.07, 6.45) is 0.277. The molecular weight excluding hydrogens is 308 g/mol. The van der Waals surface area contributed by atoms with Gasteiger partial charge in [0.2, 0.25) is 5.91 Å². The van der Waals surface area contributed by atoms with Crippen LogP contribution in [0.2, 0.25) is 5.02 Å². The standard InChI is InChI=1S/C19H13ClN2O/c20-18-11-16(9-8-15(18)12-21)22-19(23)10-14-6-3-5-13-4-1-2-7-17(13)14/h1-9,11H,10H2,(H,22,23). The molecular formula is C19H13ClN2O. The van der Waals surface area contributed by atoms with Gasteiger partial charge in [0.15, 0.2) is 0 Å². The summed E-state index contributed by atoms with van der Waals surface area (Å²) in [5, 5.41) is 14.2. The van der Waals surface area contributed by atoms with Crippen LogP contribution in [-0.2, 0) is 11.2 Å². The van der Waals surface area contributed by atoms with Gasteiger partial charge in [-0.15, -0.1) is 0 Å². The van der Waals surface area contributed by atoms with Crippen LogP contribution in [0.4, 0.5) is 5.69 Å². The van der Waals surface area contributed by atoms with Gasteiger partial charge in [0.05, 0.1) is 17.0 Å². The van der Waals surface area contributed by atoms with E-state index in [9.17, 15) is 4.79 Å². The number of halogens is 1. The third-order valence-corrected chi connectivity index (χ3v) is 3.92. The number of nitriles is 1. The summed E-state index contributed by atoms with van der Waals surface area (Å²) in [5.41, 5.74) is 1.94. The van der Waals surface area contributed by atoms with Crippen molar-refractivity contribution in [3.05, 3.63) is 76.8 Å². The Hall–Kier alpha value is -2.83. The van der Waals surface area contributed by atoms with E-state index in [4.69, 9.17) is 16.9 Å². The van der Waals surface area contributed by atoms with E-state index in [0.717, 1.165) is 16.3 Å². The maximum Gasteiger partial charge on any atom is 0.228 e. The summed E-state index contributed by atoms with van der Waals surface area (Å²) in [5.74, 6) is -0.123. The molecule has 0 atom stereocenters. The van der Waals surface area contributed by atoms with Gasteiger partial charge in [0.25, 0.3) is 0 Å². The molecule has 1 amide bonds. The third kappa shape index (κ3) is 3.33. The second-order valence-electron chi connectivity index (χ2n) is 5.17. The van der Waals surface area contributed by atoms with Crippen molar-refractivity contribution in [2.45, 2.75) is 6.42 Å². The van der Waals surface area contributed by atoms with E-state index in [2.05, 4.69) is 5.32 Å². The molecule has 0 aliphatic carbocycles. The Kier molecular flexibility index (Phi) is 4.27. The maximum absolute atomic E-state index is 12.3. The fraction of sp³-hybridized carbons (Fsp3) is 0.0526. The van der Waals surface area contributed by atoms with Gasteiger partial charge in [0.1, 0.15) is 6.07 Å². The number of fused-ring (bicyclic) bond motifs is 1. The third-order valence-electron chi connectivity index (χ3n) is 3.60. The van der Waals surface area contributed by atoms with Gasteiger partial charge in [0, 0.05) is 5.69 Å². The number of hydrogen-bond donors (Lipinski definition) is 1. The molecule has 0 aliphatic heterocycles. The van der Waals surface area contributed by atoms with Crippen molar-refractivity contribution in [2.24, 2.45) is 0 Å². The van der Waals surface area contributed by atoms with Crippen molar-refractivity contribution >= 4 is 34.0 Å². The summed E-state index contributed by atoms with van der Waals surface area (Å²) < 4.78 is 0. The first-order valence-corrected chi connectivity index (χ1v) is 7.51. The first-order chi connectivity index (χ1) is 11.2. The lowest BCUT2D eigenvalue weighted by Gasteiger charge is -2.08. The molecule has 3 aromatic carbocycles. The number of rotatable bonds is 3. The van der Waals surface area contributed by atoms with Gasteiger partial charge in [-0.05, 0) is 34.5 Å². The largest absolute Gasteiger partial charge is 0.326 e. The van der Waals surface area contributed by atoms with Crippen LogP contribution < -0.4 is 5.32 Å². The van der Waals surface area contributed by atoms with Crippen LogP contribution in [0.25, 0.3) is 10.8 Å². The van der Waals surface area contributed by atoms with Gasteiger partial charge in [-0.25, -0.2) is 0 Å². The molecule has 3 aromatic rings. The Bertz CT molecular complexity index is 923. The van der Waals surface area contributed by atoms with Crippen molar-refractivity contribution in [3.8, 4) is 6.07 Å². The van der Waals surface area contributed by atoms with Crippen LogP contribution in [0.1, 0.15) is 11.1 Å². The topological polar surface area (TPSA) is 52.9 Å². The second kappa shape index (κ2) is 6.51. The number of nitrogens with zero attached hydrogens (tertiary/aromatic N) is 1. The molecule has 0 spiro atoms. The van der Waals surface area contributed by atoms with Gasteiger partial charge in [-0.3, -0.25) is 4.79 Å². The molecule has 0 heterocycles. The van der Waals surface area contributed by atoms with Crippen LogP contribution >= 0.6 is 11.6 Å². The van der Waals surface area contributed by atoms with Gasteiger partial charge in [-0.2, -0.15) is 5.26 Å². The highest BCUT2D eigenvalue weighted by molar-refractivity contribution is 6.32. The lowest BCUT2D eigenvalue weighted by atomic mass is 10.0. The summed E-state index contributed by atoms with van der Waals surface area (Å²) in [6, 6.07) is 20.7. The van der Waals surface area contributed by atoms with Crippen LogP contribution in [0, 0.1) is 11.3 Å². The molecule has 1 N–H and O–H groups in total. The molecule has 0 bridgehead atoms. The van der Waals surface area contributed by atoms with E-state index in [-0.39, 0.29) is 12.3 Å². The normalized spacial score (nSPS) is 10.3. The quantitative estimate of drug-likeness (QED) is 0.770. The highest BCUT2D eigenvalue weighted by Gasteiger charge is 2.08. The van der Waals surface area contributed by atoms with Gasteiger partial charge >= 0.3 is 0 Å². The van der Waals surface area contributed by atoms with Crippen molar-refractivity contribution < 1.29 is 4.79 Å². The van der Waals surface area contributed by atoms with Crippen LogP contribution in [0.5, 0.6) is 0 Å². The Morgan fingerprint density at radius 2 is 1.87 bits per heavy atom. The molecule has 0 fully saturated rings. The number of nitrogens with one attached hydrogen (secondary N) is 1. The van der Waals surface area contributed by atoms with Crippen LogP contribution in [0.15, 0.2) is 60.7 Å². The van der Waals surface area contributed by atoms with Crippen molar-refractivity contribution in [1.82, 2.24) is 0 Å². The summed E-state index contributed by atoms with van der Waals surface area (Å²) in [4.78, 5) is 12.3. The molecule has 0 saturated carbocycles. The number of carbonyl (C=O) groups excluding carboxylic acids is 1. The smallest absolute Gasteiger partial charge is 0.228 e. The van der Waals surface area contributed by atoms with Crippen LogP contribution in [-0.4, -0.2) is 5.91 Å². The van der Waals surface area contributed by atoms with E-state index in [1.807, 2.05) is 48.5 Å². The molecule has 0 radical (unpaired) electrons. The number of carbonyl (C=O) groups is 1. The molecule has 3 rings (SSSR count). The zero-order valence-corrected chi connectivity index (χ0v) is 13.0. The van der Waals surface area contributed by atoms with Crippen molar-refractivity contribution in [1.29, 1.82) is 5.26 Å². The first kappa shape index (κ1) is 15.1. The fourth-order valence-electron chi connectivity index (χ4n) is 2.51. The minimum atomic E-state index is -0.123. The Morgan fingerprint density at radius 1 is 1.09 bits per heavy atom. The molecule has 23 heavy (non-hydrogen) atoms. The van der Waals surface area contributed by atoms with Gasteiger partial charge in [-0.1, -0.05) is 54.1 Å². The number of amides is 1. The first-order valence-electron chi connectivity index (χ1n) is 7.13. The minimum absolute atomic E-state index is 0.123. The zero-order valence-electron chi connectivity index (χ0n) is 12.2. The number of anilines is 1. The average Bonchev–Trinajstić information content (AvgIpc) is 2.55. The van der Waals surface area contributed by atoms with Gasteiger partial charge < -0.3 is 5.32 Å². The van der Waals surface area contributed by atoms with Crippen LogP contribution in [0.3, 0.4) is 0 Å². The predicted molar refractivity (Wildman–Crippen MR) is 92.4 cm³/mol. The molecule has 112 valence electrons. The summed E-state index contributed by atoms with van der Waals surface area (Å²) in [7, 11) is 0. The molecule has 0 aromatic heterocycles. The number of benzene rings is 3. The second-order valence-corrected chi connectivity index (χ2v) is 5.58. The lowest BCUT2D eigenvalue weighted by molar-refractivity contribution is -0.115. The van der Waals surface area contributed by atoms with Crippen molar-refractivity contribution in [3.63, 3.8) is 0 Å². The van der Waals surface area contributed by atoms with E-state index in [1.54, 1.807) is 18.2 Å². The zero-order chi connectivity index (χ0) is 16.2. The maximum atomic E-state index is 12.3. The highest BCUT2D eigenvalue weighted by Crippen LogP contribution is 2.22. The number of hydrogen-bond acceptors (Lipinski definition) is 2. The summed E-state index contributed by atoms with van der Waals surface area (Å²) in [6.45, 7) is 0. The lowest BCUT2D eigenvalue weighted by Crippen LogP contribution is -2.14. The Labute approximate surface area is 139 Å². The predicted octanol–water partition coefficient (Wildman–Crippen LogP) is 4.55. The van der Waals surface area contributed by atoms with E-state index in [1.165, 1.54) is 0 Å². The van der Waals surface area contributed by atoms with E-state index < -0.39 is 0 Å². The monoisotopic (exact) mass is 320 g/mol. The minimum Gasteiger partial charge on any atom is -0.326 e. The highest BCUT2D eigenvalue weighted by atomic mass is 35.5. The summed E-state index contributed by atoms with van der Waals surface area (Å²) >= 11 is 5.98. The molecule has 4 heteroatoms. The Morgan fingerprint density at radius 3 is 2.65 bits per heavy atom. The van der Waals surface area contributed by atoms with Crippen molar-refractivity contribution in [2.75, 3.05) is 5.32 Å².